The Bertz CT molecular complexity index is 2590. The van der Waals surface area contributed by atoms with Crippen LogP contribution in [0.15, 0.2) is 55.2 Å². The number of rotatable bonds is 5. The van der Waals surface area contributed by atoms with E-state index in [9.17, 15) is 67.2 Å². The first-order valence-corrected chi connectivity index (χ1v) is 17.0. The van der Waals surface area contributed by atoms with Gasteiger partial charge in [0.1, 0.15) is 0 Å². The van der Waals surface area contributed by atoms with E-state index in [1.165, 1.54) is 6.20 Å². The lowest BCUT2D eigenvalue weighted by molar-refractivity contribution is -0.137. The standard InChI is InChI=1S/C15H13F3N4O5S.C10H9F3N4O4S/c1-7-3-12(23)21(6-7)11-4-8-10(5-9(11)15(16,17)18)19-14(25)22(13(8)24)20-28(2,26)27;1-22(20,21)16-17-8(18)4-2-6(14)5(10(11,12)13)3-7(4)15-9(17)19/h4-6,20H,3H2,1-2H3,(H,19,25);2-3,16H,14H2,1H3,(H,15,19). The Morgan fingerprint density at radius 1 is 0.720 bits per heavy atom. The van der Waals surface area contributed by atoms with E-state index < -0.39 is 99.7 Å². The third-order valence-corrected chi connectivity index (χ3v) is 7.54. The Hall–Kier alpha value is -5.59. The molecule has 0 aliphatic carbocycles. The highest BCUT2D eigenvalue weighted by Gasteiger charge is 2.38. The Morgan fingerprint density at radius 2 is 1.14 bits per heavy atom. The summed E-state index contributed by atoms with van der Waals surface area (Å²) in [7, 11) is -7.98. The summed E-state index contributed by atoms with van der Waals surface area (Å²) in [6.07, 6.45) is -7.12. The van der Waals surface area contributed by atoms with E-state index in [1.807, 2.05) is 9.97 Å². The molecule has 2 aromatic carbocycles. The predicted octanol–water partition coefficient (Wildman–Crippen LogP) is 0.646. The number of hydrogen-bond donors (Lipinski definition) is 5. The van der Waals surface area contributed by atoms with Gasteiger partial charge in [0, 0.05) is 18.3 Å². The quantitative estimate of drug-likeness (QED) is 0.141. The van der Waals surface area contributed by atoms with E-state index in [0.717, 1.165) is 17.0 Å². The molecular weight excluding hydrogens is 734 g/mol. The molecule has 3 heterocycles. The number of halogens is 6. The van der Waals surface area contributed by atoms with Crippen LogP contribution in [0.2, 0.25) is 0 Å². The second-order valence-electron chi connectivity index (χ2n) is 10.7. The van der Waals surface area contributed by atoms with Gasteiger partial charge in [0.15, 0.2) is 0 Å². The molecule has 0 spiro atoms. The van der Waals surface area contributed by atoms with Crippen molar-refractivity contribution in [2.45, 2.75) is 25.7 Å². The molecule has 6 N–H and O–H groups in total. The first-order valence-electron chi connectivity index (χ1n) is 13.2. The molecule has 0 saturated heterocycles. The van der Waals surface area contributed by atoms with Crippen LogP contribution in [0, 0.1) is 0 Å². The zero-order chi connectivity index (χ0) is 37.9. The summed E-state index contributed by atoms with van der Waals surface area (Å²) in [6.45, 7) is 1.56. The van der Waals surface area contributed by atoms with Gasteiger partial charge in [0.25, 0.3) is 11.1 Å². The van der Waals surface area contributed by atoms with Gasteiger partial charge in [0.2, 0.25) is 26.0 Å². The van der Waals surface area contributed by atoms with Gasteiger partial charge in [-0.2, -0.15) is 35.7 Å². The van der Waals surface area contributed by atoms with E-state index in [4.69, 9.17) is 5.73 Å². The zero-order valence-electron chi connectivity index (χ0n) is 25.3. The van der Waals surface area contributed by atoms with Gasteiger partial charge >= 0.3 is 23.7 Å². The number of anilines is 2. The smallest absolute Gasteiger partial charge is 0.398 e. The summed E-state index contributed by atoms with van der Waals surface area (Å²) >= 11 is 0. The second kappa shape index (κ2) is 12.4. The molecular formula is C25H22F6N8O9S2. The number of alkyl halides is 6. The normalized spacial score (nSPS) is 14.1. The lowest BCUT2D eigenvalue weighted by Crippen LogP contribution is -2.43. The number of H-pyrrole nitrogens is 2. The molecule has 2 aromatic heterocycles. The molecule has 0 fully saturated rings. The van der Waals surface area contributed by atoms with Crippen molar-refractivity contribution in [3.8, 4) is 0 Å². The number of nitrogens with zero attached hydrogens (tertiary/aromatic N) is 3. The third kappa shape index (κ3) is 7.82. The van der Waals surface area contributed by atoms with Crippen molar-refractivity contribution in [1.82, 2.24) is 19.3 Å². The number of hydrogen-bond acceptors (Lipinski definition) is 10. The second-order valence-corrected chi connectivity index (χ2v) is 14.1. The number of fused-ring (bicyclic) bond motifs is 2. The van der Waals surface area contributed by atoms with Gasteiger partial charge in [-0.25, -0.2) is 36.1 Å². The molecule has 1 amide bonds. The molecule has 5 rings (SSSR count). The van der Waals surface area contributed by atoms with Crippen LogP contribution in [0.4, 0.5) is 37.7 Å². The summed E-state index contributed by atoms with van der Waals surface area (Å²) in [5, 5.41) is -0.786. The number of amides is 1. The monoisotopic (exact) mass is 756 g/mol. The summed E-state index contributed by atoms with van der Waals surface area (Å²) in [5.74, 6) is -0.624. The van der Waals surface area contributed by atoms with Crippen molar-refractivity contribution < 1.29 is 48.0 Å². The molecule has 0 saturated carbocycles. The maximum absolute atomic E-state index is 13.5. The summed E-state index contributed by atoms with van der Waals surface area (Å²) in [4.78, 5) is 68.3. The van der Waals surface area contributed by atoms with Gasteiger partial charge < -0.3 is 15.7 Å². The van der Waals surface area contributed by atoms with Crippen LogP contribution < -0.4 is 42.8 Å². The maximum atomic E-state index is 13.5. The number of nitrogens with two attached hydrogens (primary N) is 1. The Labute approximate surface area is 273 Å². The van der Waals surface area contributed by atoms with Crippen LogP contribution in [0.25, 0.3) is 21.8 Å². The van der Waals surface area contributed by atoms with Crippen LogP contribution in [0.5, 0.6) is 0 Å². The van der Waals surface area contributed by atoms with Gasteiger partial charge in [-0.15, -0.1) is 0 Å². The highest BCUT2D eigenvalue weighted by atomic mass is 32.2. The lowest BCUT2D eigenvalue weighted by Gasteiger charge is -2.20. The largest absolute Gasteiger partial charge is 0.418 e. The molecule has 4 aromatic rings. The molecule has 25 heteroatoms. The van der Waals surface area contributed by atoms with Crippen molar-refractivity contribution in [2.24, 2.45) is 0 Å². The minimum Gasteiger partial charge on any atom is -0.398 e. The Morgan fingerprint density at radius 3 is 1.52 bits per heavy atom. The van der Waals surface area contributed by atoms with Crippen LogP contribution in [-0.4, -0.2) is 54.6 Å². The molecule has 0 radical (unpaired) electrons. The highest BCUT2D eigenvalue weighted by Crippen LogP contribution is 2.40. The fraction of sp³-hybridized carbons (Fsp3) is 0.240. The summed E-state index contributed by atoms with van der Waals surface area (Å²) in [6, 6.07) is 2.56. The molecule has 270 valence electrons. The zero-order valence-corrected chi connectivity index (χ0v) is 26.9. The van der Waals surface area contributed by atoms with Crippen LogP contribution in [0.3, 0.4) is 0 Å². The minimum atomic E-state index is -4.88. The van der Waals surface area contributed by atoms with E-state index in [1.54, 1.807) is 16.6 Å². The number of carbonyl (C=O) groups excluding carboxylic acids is 1. The van der Waals surface area contributed by atoms with Crippen LogP contribution in [0.1, 0.15) is 24.5 Å². The number of nitrogen functional groups attached to an aromatic ring is 1. The average molecular weight is 757 g/mol. The van der Waals surface area contributed by atoms with Gasteiger partial charge in [-0.3, -0.25) is 19.3 Å². The number of carbonyl (C=O) groups is 1. The molecule has 17 nitrogen and oxygen atoms in total. The molecule has 0 atom stereocenters. The van der Waals surface area contributed by atoms with E-state index in [0.29, 0.717) is 30.2 Å². The number of nitrogens with one attached hydrogen (secondary N) is 4. The Balaban J connectivity index is 0.000000232. The number of sulfonamides is 2. The van der Waals surface area contributed by atoms with E-state index in [-0.39, 0.29) is 21.2 Å². The maximum Gasteiger partial charge on any atom is 0.418 e. The first-order chi connectivity index (χ1) is 22.7. The van der Waals surface area contributed by atoms with Gasteiger partial charge in [0.05, 0.1) is 51.1 Å². The van der Waals surface area contributed by atoms with Crippen molar-refractivity contribution in [3.05, 3.63) is 88.8 Å². The highest BCUT2D eigenvalue weighted by molar-refractivity contribution is 7.91. The predicted molar refractivity (Wildman–Crippen MR) is 166 cm³/mol. The summed E-state index contributed by atoms with van der Waals surface area (Å²) < 4.78 is 124. The number of benzene rings is 2. The summed E-state index contributed by atoms with van der Waals surface area (Å²) in [5.41, 5.74) is -3.70. The molecule has 50 heavy (non-hydrogen) atoms. The van der Waals surface area contributed by atoms with E-state index in [2.05, 4.69) is 0 Å². The van der Waals surface area contributed by atoms with Crippen LogP contribution in [-0.2, 0) is 37.2 Å². The SMILES string of the molecule is CC1=CN(c2cc3c(=O)n(NS(C)(=O)=O)c(=O)[nH]c3cc2C(F)(F)F)C(=O)C1.CS(=O)(=O)Nn1c(=O)[nH]c2cc(C(F)(F)F)c(N)cc2c1=O. The lowest BCUT2D eigenvalue weighted by atomic mass is 10.1. The van der Waals surface area contributed by atoms with Crippen molar-refractivity contribution in [2.75, 3.05) is 32.8 Å². The number of aromatic amines is 2. The molecule has 0 bridgehead atoms. The van der Waals surface area contributed by atoms with Crippen LogP contribution >= 0.6 is 0 Å². The first kappa shape index (κ1) is 37.2. The average Bonchev–Trinajstić information content (AvgIpc) is 3.28. The van der Waals surface area contributed by atoms with E-state index >= 15 is 0 Å². The molecule has 1 aliphatic heterocycles. The fourth-order valence-corrected chi connectivity index (χ4v) is 5.56. The van der Waals surface area contributed by atoms with Gasteiger partial charge in [-0.1, -0.05) is 0 Å². The van der Waals surface area contributed by atoms with Crippen molar-refractivity contribution in [1.29, 1.82) is 0 Å². The molecule has 0 unspecified atom stereocenters. The molecule has 1 aliphatic rings. The minimum absolute atomic E-state index is 0.0825. The number of aromatic nitrogens is 4. The Kier molecular flexibility index (Phi) is 9.22. The van der Waals surface area contributed by atoms with Gasteiger partial charge in [-0.05, 0) is 36.8 Å². The van der Waals surface area contributed by atoms with Crippen molar-refractivity contribution in [3.63, 3.8) is 0 Å². The van der Waals surface area contributed by atoms with Crippen molar-refractivity contribution >= 4 is 59.1 Å². The fourth-order valence-electron chi connectivity index (χ4n) is 4.57. The third-order valence-electron chi connectivity index (χ3n) is 6.51. The topological polar surface area (TPSA) is 248 Å².